The van der Waals surface area contributed by atoms with E-state index in [0.29, 0.717) is 6.54 Å². The van der Waals surface area contributed by atoms with Crippen LogP contribution in [0, 0.1) is 12.3 Å². The number of nitrogens with two attached hydrogens (primary N) is 1. The molecule has 3 nitrogen and oxygen atoms in total. The van der Waals surface area contributed by atoms with Crippen molar-refractivity contribution in [2.75, 3.05) is 31.6 Å². The average molecular weight is 257 g/mol. The lowest BCUT2D eigenvalue weighted by Gasteiger charge is -2.29. The number of fused-ring (bicyclic) bond motifs is 1. The van der Waals surface area contributed by atoms with Crippen molar-refractivity contribution in [3.63, 3.8) is 0 Å². The standard InChI is InChI=1S/C16H23N3/c1-3-4-9-18-15(12-17)13-7-8-16-14(11-13)6-5-10-19(16)2/h1,7-8,11,15,18H,4-6,9-10,12,17H2,2H3. The maximum Gasteiger partial charge on any atom is 0.0444 e. The van der Waals surface area contributed by atoms with E-state index in [9.17, 15) is 0 Å². The van der Waals surface area contributed by atoms with Gasteiger partial charge in [0.25, 0.3) is 0 Å². The maximum atomic E-state index is 5.87. The smallest absolute Gasteiger partial charge is 0.0444 e. The molecule has 0 saturated carbocycles. The first-order valence-electron chi connectivity index (χ1n) is 6.97. The first kappa shape index (κ1) is 13.9. The van der Waals surface area contributed by atoms with E-state index in [1.807, 2.05) is 0 Å². The highest BCUT2D eigenvalue weighted by Gasteiger charge is 2.16. The van der Waals surface area contributed by atoms with E-state index in [1.165, 1.54) is 23.2 Å². The summed E-state index contributed by atoms with van der Waals surface area (Å²) in [6.07, 6.45) is 8.40. The topological polar surface area (TPSA) is 41.3 Å². The fraction of sp³-hybridized carbons (Fsp3) is 0.500. The highest BCUT2D eigenvalue weighted by molar-refractivity contribution is 5.56. The molecule has 1 atom stereocenters. The summed E-state index contributed by atoms with van der Waals surface area (Å²) in [5.74, 6) is 2.64. The zero-order valence-electron chi connectivity index (χ0n) is 11.7. The van der Waals surface area contributed by atoms with Crippen LogP contribution in [0.4, 0.5) is 5.69 Å². The molecule has 0 bridgehead atoms. The number of hydrogen-bond acceptors (Lipinski definition) is 3. The van der Waals surface area contributed by atoms with Gasteiger partial charge in [0.2, 0.25) is 0 Å². The fourth-order valence-corrected chi connectivity index (χ4v) is 2.68. The number of rotatable bonds is 5. The second-order valence-electron chi connectivity index (χ2n) is 5.11. The monoisotopic (exact) mass is 257 g/mol. The predicted molar refractivity (Wildman–Crippen MR) is 81.3 cm³/mol. The van der Waals surface area contributed by atoms with Crippen molar-refractivity contribution in [2.45, 2.75) is 25.3 Å². The molecule has 0 spiro atoms. The molecule has 1 unspecified atom stereocenters. The largest absolute Gasteiger partial charge is 0.374 e. The highest BCUT2D eigenvalue weighted by Crippen LogP contribution is 2.28. The summed E-state index contributed by atoms with van der Waals surface area (Å²) in [5.41, 5.74) is 9.93. The van der Waals surface area contributed by atoms with Crippen LogP contribution < -0.4 is 16.0 Å². The van der Waals surface area contributed by atoms with Crippen molar-refractivity contribution in [3.8, 4) is 12.3 Å². The molecular formula is C16H23N3. The molecule has 0 fully saturated rings. The van der Waals surface area contributed by atoms with Gasteiger partial charge >= 0.3 is 0 Å². The van der Waals surface area contributed by atoms with Gasteiger partial charge in [-0.3, -0.25) is 0 Å². The summed E-state index contributed by atoms with van der Waals surface area (Å²) in [7, 11) is 2.16. The summed E-state index contributed by atoms with van der Waals surface area (Å²) in [6, 6.07) is 6.90. The van der Waals surface area contributed by atoms with Gasteiger partial charge in [-0.05, 0) is 30.0 Å². The third-order valence-corrected chi connectivity index (χ3v) is 3.75. The Balaban J connectivity index is 2.13. The summed E-state index contributed by atoms with van der Waals surface area (Å²) in [5, 5.41) is 3.42. The molecule has 102 valence electrons. The number of hydrogen-bond donors (Lipinski definition) is 2. The second kappa shape index (κ2) is 6.60. The molecule has 1 aromatic rings. The Morgan fingerprint density at radius 3 is 3.11 bits per heavy atom. The first-order chi connectivity index (χ1) is 9.26. The summed E-state index contributed by atoms with van der Waals surface area (Å²) in [6.45, 7) is 2.56. The van der Waals surface area contributed by atoms with Gasteiger partial charge in [0.15, 0.2) is 0 Å². The van der Waals surface area contributed by atoms with Crippen molar-refractivity contribution in [1.29, 1.82) is 0 Å². The van der Waals surface area contributed by atoms with Gasteiger partial charge in [0.05, 0.1) is 0 Å². The third kappa shape index (κ3) is 3.28. The van der Waals surface area contributed by atoms with Crippen LogP contribution in [0.2, 0.25) is 0 Å². The average Bonchev–Trinajstić information content (AvgIpc) is 2.44. The molecule has 1 heterocycles. The Kier molecular flexibility index (Phi) is 4.84. The number of benzene rings is 1. The van der Waals surface area contributed by atoms with Crippen molar-refractivity contribution in [3.05, 3.63) is 29.3 Å². The summed E-state index contributed by atoms with van der Waals surface area (Å²) < 4.78 is 0. The van der Waals surface area contributed by atoms with Crippen LogP contribution in [0.15, 0.2) is 18.2 Å². The van der Waals surface area contributed by atoms with Crippen LogP contribution in [-0.2, 0) is 6.42 Å². The quantitative estimate of drug-likeness (QED) is 0.623. The van der Waals surface area contributed by atoms with E-state index < -0.39 is 0 Å². The fourth-order valence-electron chi connectivity index (χ4n) is 2.68. The number of terminal acetylenes is 1. The van der Waals surface area contributed by atoms with E-state index in [4.69, 9.17) is 12.2 Å². The number of aryl methyl sites for hydroxylation is 1. The zero-order chi connectivity index (χ0) is 13.7. The van der Waals surface area contributed by atoms with E-state index >= 15 is 0 Å². The SMILES string of the molecule is C#CCCNC(CN)c1ccc2c(c1)CCCN2C. The number of nitrogens with zero attached hydrogens (tertiary/aromatic N) is 1. The molecule has 1 aliphatic rings. The molecule has 1 aliphatic heterocycles. The lowest BCUT2D eigenvalue weighted by molar-refractivity contribution is 0.549. The zero-order valence-corrected chi connectivity index (χ0v) is 11.7. The molecule has 0 aromatic heterocycles. The summed E-state index contributed by atoms with van der Waals surface area (Å²) >= 11 is 0. The minimum atomic E-state index is 0.200. The molecule has 3 N–H and O–H groups in total. The lowest BCUT2D eigenvalue weighted by Crippen LogP contribution is -2.30. The minimum absolute atomic E-state index is 0.200. The molecule has 0 amide bonds. The van der Waals surface area contributed by atoms with Crippen LogP contribution in [0.5, 0.6) is 0 Å². The van der Waals surface area contributed by atoms with E-state index in [-0.39, 0.29) is 6.04 Å². The Bertz CT molecular complexity index is 462. The van der Waals surface area contributed by atoms with Gasteiger partial charge in [-0.15, -0.1) is 12.3 Å². The predicted octanol–water partition coefficient (Wildman–Crippen LogP) is 1.68. The van der Waals surface area contributed by atoms with E-state index in [2.05, 4.69) is 41.4 Å². The second-order valence-corrected chi connectivity index (χ2v) is 5.11. The van der Waals surface area contributed by atoms with Gasteiger partial charge in [-0.1, -0.05) is 12.1 Å². The number of anilines is 1. The lowest BCUT2D eigenvalue weighted by atomic mass is 9.96. The highest BCUT2D eigenvalue weighted by atomic mass is 15.1. The van der Waals surface area contributed by atoms with Crippen LogP contribution in [0.25, 0.3) is 0 Å². The van der Waals surface area contributed by atoms with Crippen molar-refractivity contribution in [1.82, 2.24) is 5.32 Å². The van der Waals surface area contributed by atoms with Crippen LogP contribution in [-0.4, -0.2) is 26.7 Å². The van der Waals surface area contributed by atoms with Crippen molar-refractivity contribution in [2.24, 2.45) is 5.73 Å². The van der Waals surface area contributed by atoms with Crippen molar-refractivity contribution >= 4 is 5.69 Å². The van der Waals surface area contributed by atoms with E-state index in [0.717, 1.165) is 25.9 Å². The molecule has 3 heteroatoms. The van der Waals surface area contributed by atoms with Crippen molar-refractivity contribution < 1.29 is 0 Å². The molecule has 2 rings (SSSR count). The molecule has 0 aliphatic carbocycles. The van der Waals surface area contributed by atoms with Gasteiger partial charge < -0.3 is 16.0 Å². The molecule has 1 aromatic carbocycles. The van der Waals surface area contributed by atoms with Gasteiger partial charge in [0.1, 0.15) is 0 Å². The number of nitrogens with one attached hydrogen (secondary N) is 1. The molecule has 19 heavy (non-hydrogen) atoms. The Morgan fingerprint density at radius 1 is 1.53 bits per heavy atom. The molecular weight excluding hydrogens is 234 g/mol. The van der Waals surface area contributed by atoms with Gasteiger partial charge in [0, 0.05) is 44.8 Å². The van der Waals surface area contributed by atoms with E-state index in [1.54, 1.807) is 0 Å². The maximum absolute atomic E-state index is 5.87. The Morgan fingerprint density at radius 2 is 2.37 bits per heavy atom. The Hall–Kier alpha value is -1.50. The minimum Gasteiger partial charge on any atom is -0.374 e. The van der Waals surface area contributed by atoms with Crippen LogP contribution in [0.1, 0.15) is 30.0 Å². The van der Waals surface area contributed by atoms with Gasteiger partial charge in [-0.2, -0.15) is 0 Å². The van der Waals surface area contributed by atoms with Gasteiger partial charge in [-0.25, -0.2) is 0 Å². The Labute approximate surface area is 116 Å². The molecule has 0 saturated heterocycles. The summed E-state index contributed by atoms with van der Waals surface area (Å²) in [4.78, 5) is 2.33. The normalized spacial score (nSPS) is 15.7. The first-order valence-corrected chi connectivity index (χ1v) is 6.97. The molecule has 0 radical (unpaired) electrons. The van der Waals surface area contributed by atoms with Crippen LogP contribution >= 0.6 is 0 Å². The third-order valence-electron chi connectivity index (χ3n) is 3.75. The van der Waals surface area contributed by atoms with Crippen LogP contribution in [0.3, 0.4) is 0 Å².